The highest BCUT2D eigenvalue weighted by atomic mass is 31.2. The molecule has 1 unspecified atom stereocenters. The molecule has 56 heavy (non-hydrogen) atoms. The van der Waals surface area contributed by atoms with Crippen LogP contribution in [0.25, 0.3) is 0 Å². The van der Waals surface area contributed by atoms with Gasteiger partial charge in [0.1, 0.15) is 6.61 Å². The lowest BCUT2D eigenvalue weighted by molar-refractivity contribution is -0.161. The quantitative estimate of drug-likeness (QED) is 0.0182. The van der Waals surface area contributed by atoms with Crippen LogP contribution in [0.4, 0.5) is 0 Å². The van der Waals surface area contributed by atoms with Gasteiger partial charge in [0.25, 0.3) is 0 Å². The fourth-order valence-electron chi connectivity index (χ4n) is 4.90. The fourth-order valence-corrected chi connectivity index (χ4v) is 5.67. The Morgan fingerprint density at radius 1 is 0.625 bits per heavy atom. The Morgan fingerprint density at radius 3 is 1.66 bits per heavy atom. The van der Waals surface area contributed by atoms with Gasteiger partial charge in [-0.05, 0) is 83.5 Å². The van der Waals surface area contributed by atoms with Crippen LogP contribution in [0, 0.1) is 0 Å². The summed E-state index contributed by atoms with van der Waals surface area (Å²) in [5, 5.41) is 10.3. The minimum absolute atomic E-state index is 0.0109. The molecule has 0 aliphatic rings. The zero-order valence-corrected chi connectivity index (χ0v) is 35.3. The minimum Gasteiger partial charge on any atom is -0.462 e. The fraction of sp³-hybridized carbons (Fsp3) is 0.600. The first-order valence-corrected chi connectivity index (χ1v) is 22.3. The molecule has 0 aliphatic heterocycles. The van der Waals surface area contributed by atoms with Gasteiger partial charge in [-0.15, -0.1) is 0 Å². The number of hydrogen-bond acceptors (Lipinski definition) is 9. The smallest absolute Gasteiger partial charge is 0.462 e. The number of nitrogens with two attached hydrogens (primary N) is 1. The van der Waals surface area contributed by atoms with Crippen LogP contribution in [-0.4, -0.2) is 60.5 Å². The summed E-state index contributed by atoms with van der Waals surface area (Å²) in [7, 11) is -4.45. The second-order valence-corrected chi connectivity index (χ2v) is 14.8. The van der Waals surface area contributed by atoms with Gasteiger partial charge in [0.2, 0.25) is 0 Å². The molecule has 0 saturated carbocycles. The van der Waals surface area contributed by atoms with Crippen molar-refractivity contribution in [3.63, 3.8) is 0 Å². The molecule has 0 spiro atoms. The van der Waals surface area contributed by atoms with Crippen molar-refractivity contribution >= 4 is 19.8 Å². The molecule has 0 aliphatic carbocycles. The van der Waals surface area contributed by atoms with Gasteiger partial charge in [-0.3, -0.25) is 18.6 Å². The number of allylic oxidation sites excluding steroid dienone is 15. The van der Waals surface area contributed by atoms with Gasteiger partial charge in [0.05, 0.1) is 19.3 Å². The molecule has 0 radical (unpaired) electrons. The third-order valence-electron chi connectivity index (χ3n) is 8.05. The molecule has 0 rings (SSSR count). The van der Waals surface area contributed by atoms with E-state index in [1.54, 1.807) is 12.2 Å². The molecule has 4 N–H and O–H groups in total. The monoisotopic (exact) mass is 804 g/mol. The summed E-state index contributed by atoms with van der Waals surface area (Å²) in [6.45, 7) is 3.35. The maximum atomic E-state index is 12.6. The number of hydrogen-bond donors (Lipinski definition) is 3. The van der Waals surface area contributed by atoms with E-state index in [4.69, 9.17) is 24.3 Å². The highest BCUT2D eigenvalue weighted by molar-refractivity contribution is 7.47. The normalized spacial score (nSPS) is 14.9. The Labute approximate surface area is 339 Å². The van der Waals surface area contributed by atoms with Crippen molar-refractivity contribution in [1.82, 2.24) is 0 Å². The van der Waals surface area contributed by atoms with E-state index in [9.17, 15) is 24.2 Å². The Morgan fingerprint density at radius 2 is 1.12 bits per heavy atom. The van der Waals surface area contributed by atoms with Crippen molar-refractivity contribution in [2.45, 2.75) is 148 Å². The van der Waals surface area contributed by atoms with Crippen LogP contribution in [0.2, 0.25) is 0 Å². The first-order valence-electron chi connectivity index (χ1n) is 20.8. The number of ether oxygens (including phenoxy) is 2. The first-order chi connectivity index (χ1) is 27.2. The number of rotatable bonds is 37. The van der Waals surface area contributed by atoms with Crippen LogP contribution in [-0.2, 0) is 32.7 Å². The van der Waals surface area contributed by atoms with Crippen LogP contribution in [0.5, 0.6) is 0 Å². The minimum atomic E-state index is -4.45. The lowest BCUT2D eigenvalue weighted by Crippen LogP contribution is -2.29. The average molecular weight is 804 g/mol. The molecule has 11 heteroatoms. The Hall–Kier alpha value is -3.11. The van der Waals surface area contributed by atoms with Crippen molar-refractivity contribution in [2.75, 3.05) is 26.4 Å². The van der Waals surface area contributed by atoms with E-state index in [2.05, 4.69) is 80.7 Å². The maximum Gasteiger partial charge on any atom is 0.472 e. The predicted molar refractivity (Wildman–Crippen MR) is 230 cm³/mol. The predicted octanol–water partition coefficient (Wildman–Crippen LogP) is 10.8. The van der Waals surface area contributed by atoms with E-state index >= 15 is 0 Å². The lowest BCUT2D eigenvalue weighted by Gasteiger charge is -2.20. The van der Waals surface area contributed by atoms with Crippen LogP contribution >= 0.6 is 7.82 Å². The van der Waals surface area contributed by atoms with E-state index in [1.165, 1.54) is 38.5 Å². The SMILES string of the molecule is CCCCC/C=C\C/C=C\C/C=C\C=C\[C@H](O)CCCC(=O)O[C@H](COC(=O)CCC/C=C\C/C=C\C/C=C\C/C=C\CCCCC)COP(=O)(O)OCCN. The van der Waals surface area contributed by atoms with Gasteiger partial charge < -0.3 is 25.2 Å². The molecule has 0 bridgehead atoms. The zero-order valence-electron chi connectivity index (χ0n) is 34.4. The number of aliphatic hydroxyl groups excluding tert-OH is 1. The molecular formula is C45H74NO9P. The van der Waals surface area contributed by atoms with Crippen molar-refractivity contribution in [2.24, 2.45) is 5.73 Å². The van der Waals surface area contributed by atoms with E-state index in [0.29, 0.717) is 25.7 Å². The van der Waals surface area contributed by atoms with Crippen LogP contribution < -0.4 is 5.73 Å². The average Bonchev–Trinajstić information content (AvgIpc) is 3.18. The van der Waals surface area contributed by atoms with Gasteiger partial charge in [0.15, 0.2) is 6.10 Å². The standard InChI is InChI=1S/C45H74NO9P/c1-3-5-7-9-11-13-15-17-18-19-20-22-24-26-28-30-32-36-44(48)52-40-43(41-54-56(50,51)53-39-38-46)55-45(49)37-33-35-42(47)34-31-29-27-25-23-21-16-14-12-10-8-6-4-2/h11-14,17-18,20-23,26-29,31,34,42-43,47H,3-10,15-16,19,24-25,30,32-33,35-41,46H2,1-2H3,(H,50,51)/b13-11-,14-12-,18-17-,22-20-,23-21-,28-26-,29-27-,34-31+/t42-,43+/m0/s1. The van der Waals surface area contributed by atoms with Gasteiger partial charge in [0, 0.05) is 19.4 Å². The second kappa shape index (κ2) is 40.1. The number of esters is 2. The van der Waals surface area contributed by atoms with E-state index in [-0.39, 0.29) is 32.6 Å². The number of unbranched alkanes of at least 4 members (excludes halogenated alkanes) is 7. The topological polar surface area (TPSA) is 155 Å². The van der Waals surface area contributed by atoms with Crippen molar-refractivity contribution in [1.29, 1.82) is 0 Å². The maximum absolute atomic E-state index is 12.6. The number of phosphoric ester groups is 1. The summed E-state index contributed by atoms with van der Waals surface area (Å²) in [6.07, 6.45) is 47.6. The molecule has 0 aromatic rings. The van der Waals surface area contributed by atoms with Crippen molar-refractivity contribution < 1.29 is 42.7 Å². The molecule has 0 saturated heterocycles. The van der Waals surface area contributed by atoms with E-state index in [1.807, 2.05) is 18.2 Å². The summed E-state index contributed by atoms with van der Waals surface area (Å²) in [4.78, 5) is 34.8. The van der Waals surface area contributed by atoms with Gasteiger partial charge in [-0.25, -0.2) is 4.57 Å². The third-order valence-corrected chi connectivity index (χ3v) is 9.03. The summed E-state index contributed by atoms with van der Waals surface area (Å²) in [6, 6.07) is 0. The third kappa shape index (κ3) is 39.1. The highest BCUT2D eigenvalue weighted by Gasteiger charge is 2.26. The molecule has 0 aromatic carbocycles. The Bertz CT molecular complexity index is 1250. The van der Waals surface area contributed by atoms with Gasteiger partial charge >= 0.3 is 19.8 Å². The summed E-state index contributed by atoms with van der Waals surface area (Å²) in [5.74, 6) is -1.11. The number of carbonyl (C=O) groups excluding carboxylic acids is 2. The number of carbonyl (C=O) groups is 2. The molecule has 318 valence electrons. The van der Waals surface area contributed by atoms with Crippen LogP contribution in [0.15, 0.2) is 97.2 Å². The largest absolute Gasteiger partial charge is 0.472 e. The molecule has 0 aromatic heterocycles. The summed E-state index contributed by atoms with van der Waals surface area (Å²) in [5.41, 5.74) is 5.33. The van der Waals surface area contributed by atoms with Crippen molar-refractivity contribution in [3.05, 3.63) is 97.2 Å². The Kier molecular flexibility index (Phi) is 37.9. The molecule has 10 nitrogen and oxygen atoms in total. The molecule has 3 atom stereocenters. The molecular weight excluding hydrogens is 729 g/mol. The van der Waals surface area contributed by atoms with Gasteiger partial charge in [-0.1, -0.05) is 137 Å². The molecule has 0 heterocycles. The lowest BCUT2D eigenvalue weighted by atomic mass is 10.1. The van der Waals surface area contributed by atoms with Crippen LogP contribution in [0.1, 0.15) is 136 Å². The van der Waals surface area contributed by atoms with E-state index in [0.717, 1.165) is 44.9 Å². The summed E-state index contributed by atoms with van der Waals surface area (Å²) < 4.78 is 32.5. The number of phosphoric acid groups is 1. The van der Waals surface area contributed by atoms with E-state index < -0.39 is 38.6 Å². The number of aliphatic hydroxyl groups is 1. The van der Waals surface area contributed by atoms with Crippen LogP contribution in [0.3, 0.4) is 0 Å². The summed E-state index contributed by atoms with van der Waals surface area (Å²) >= 11 is 0. The molecule has 0 fully saturated rings. The highest BCUT2D eigenvalue weighted by Crippen LogP contribution is 2.43. The van der Waals surface area contributed by atoms with Crippen molar-refractivity contribution in [3.8, 4) is 0 Å². The zero-order chi connectivity index (χ0) is 41.2. The first kappa shape index (κ1) is 52.9. The molecule has 0 amide bonds. The second-order valence-electron chi connectivity index (χ2n) is 13.3. The Balaban J connectivity index is 4.50. The van der Waals surface area contributed by atoms with Gasteiger partial charge in [-0.2, -0.15) is 0 Å².